The summed E-state index contributed by atoms with van der Waals surface area (Å²) in [4.78, 5) is 0. The molecule has 1 radical (unpaired) electrons. The normalized spacial score (nSPS) is 11.1. The molecule has 0 aliphatic rings. The van der Waals surface area contributed by atoms with Crippen LogP contribution >= 0.6 is 23.8 Å². The first-order valence-electron chi connectivity index (χ1n) is 16.0. The Balaban J connectivity index is 0.00000164. The monoisotopic (exact) mass is 846 g/mol. The van der Waals surface area contributed by atoms with Gasteiger partial charge in [0, 0.05) is 20.1 Å². The van der Waals surface area contributed by atoms with E-state index in [4.69, 9.17) is 0 Å². The van der Waals surface area contributed by atoms with E-state index < -0.39 is 23.8 Å². The van der Waals surface area contributed by atoms with Gasteiger partial charge < -0.3 is 6.92 Å². The maximum absolute atomic E-state index is 3.25. The second-order valence-corrected chi connectivity index (χ2v) is 18.2. The third kappa shape index (κ3) is 10.4. The summed E-state index contributed by atoms with van der Waals surface area (Å²) in [5.41, 5.74) is 0.0756. The third-order valence-electron chi connectivity index (χ3n) is 8.03. The molecular formula is C43H44IrP3-. The predicted octanol–water partition coefficient (Wildman–Crippen LogP) is 9.23. The molecule has 0 saturated carbocycles. The summed E-state index contributed by atoms with van der Waals surface area (Å²) >= 11 is 0. The Morgan fingerprint density at radius 1 is 0.340 bits per heavy atom. The van der Waals surface area contributed by atoms with E-state index in [2.05, 4.69) is 196 Å². The summed E-state index contributed by atoms with van der Waals surface area (Å²) in [7, 11) is -1.66. The summed E-state index contributed by atoms with van der Waals surface area (Å²) in [6, 6.07) is 67.7. The molecule has 0 bridgehead atoms. The molecule has 6 aromatic carbocycles. The van der Waals surface area contributed by atoms with Crippen molar-refractivity contribution in [1.82, 2.24) is 0 Å². The van der Waals surface area contributed by atoms with Crippen LogP contribution in [0.25, 0.3) is 0 Å². The molecule has 0 nitrogen and oxygen atoms in total. The molecule has 0 aliphatic heterocycles. The van der Waals surface area contributed by atoms with Gasteiger partial charge in [-0.3, -0.25) is 0 Å². The molecule has 4 heteroatoms. The van der Waals surface area contributed by atoms with E-state index in [1.807, 2.05) is 0 Å². The van der Waals surface area contributed by atoms with Gasteiger partial charge in [-0.2, -0.15) is 6.92 Å². The van der Waals surface area contributed by atoms with Crippen LogP contribution in [0.5, 0.6) is 0 Å². The van der Waals surface area contributed by atoms with E-state index in [1.165, 1.54) is 31.8 Å². The zero-order valence-corrected chi connectivity index (χ0v) is 32.4. The molecule has 0 aromatic heterocycles. The topological polar surface area (TPSA) is 0 Å². The van der Waals surface area contributed by atoms with Crippen molar-refractivity contribution in [2.75, 3.05) is 18.5 Å². The van der Waals surface area contributed by atoms with E-state index >= 15 is 0 Å². The minimum absolute atomic E-state index is 0. The molecule has 0 N–H and O–H groups in total. The fraction of sp³-hybridized carbons (Fsp3) is 0.140. The SMILES string of the molecule is CC(CP(c1ccccc1)c1ccccc1)(CP(c1ccccc1)c1ccccc1)CP(c1ccccc1)c1ccccc1.[CH2-]C.[Ir]. The van der Waals surface area contributed by atoms with E-state index in [0.717, 1.165) is 18.5 Å². The van der Waals surface area contributed by atoms with Crippen molar-refractivity contribution < 1.29 is 20.1 Å². The van der Waals surface area contributed by atoms with Gasteiger partial charge >= 0.3 is 0 Å². The van der Waals surface area contributed by atoms with Gasteiger partial charge in [0.2, 0.25) is 0 Å². The van der Waals surface area contributed by atoms with E-state index in [-0.39, 0.29) is 25.5 Å². The molecule has 0 aliphatic carbocycles. The molecule has 0 spiro atoms. The van der Waals surface area contributed by atoms with Gasteiger partial charge in [0.1, 0.15) is 0 Å². The molecule has 0 saturated heterocycles. The Hall–Kier alpha value is -2.74. The van der Waals surface area contributed by atoms with Crippen molar-refractivity contribution in [3.8, 4) is 0 Å². The van der Waals surface area contributed by atoms with Crippen LogP contribution in [-0.2, 0) is 20.1 Å². The zero-order chi connectivity index (χ0) is 32.0. The molecule has 47 heavy (non-hydrogen) atoms. The smallest absolute Gasteiger partial charge is 0 e. The summed E-state index contributed by atoms with van der Waals surface area (Å²) in [5, 5.41) is 8.79. The fourth-order valence-corrected chi connectivity index (χ4v) is 14.6. The van der Waals surface area contributed by atoms with Gasteiger partial charge in [-0.15, -0.1) is 0 Å². The van der Waals surface area contributed by atoms with Gasteiger partial charge in [0.05, 0.1) is 0 Å². The molecule has 6 rings (SSSR count). The van der Waals surface area contributed by atoms with Crippen LogP contribution in [0.2, 0.25) is 0 Å². The van der Waals surface area contributed by atoms with E-state index in [1.54, 1.807) is 6.92 Å². The first-order valence-corrected chi connectivity index (χ1v) is 20.6. The quantitative estimate of drug-likeness (QED) is 0.0852. The second-order valence-electron chi connectivity index (χ2n) is 11.6. The standard InChI is InChI=1S/C41H39P3.C2H5.Ir/c1-41(32-42(35-20-8-2-9-21-35)36-22-10-3-11-23-36,33-43(37-24-12-4-13-25-37)38-26-14-5-15-27-38)34-44(39-28-16-6-17-29-39)40-30-18-7-19-31-40;1-2;/h2-31H,32-34H2,1H3;1H2,2H3;/q;-1;. The minimum Gasteiger partial charge on any atom is -0.346 e. The number of hydrogen-bond donors (Lipinski definition) is 0. The summed E-state index contributed by atoms with van der Waals surface area (Å²) in [6.45, 7) is 7.61. The van der Waals surface area contributed by atoms with E-state index in [0.29, 0.717) is 0 Å². The summed E-state index contributed by atoms with van der Waals surface area (Å²) in [6.07, 6.45) is 3.44. The van der Waals surface area contributed by atoms with Crippen LogP contribution in [0.3, 0.4) is 0 Å². The Morgan fingerprint density at radius 3 is 0.638 bits per heavy atom. The predicted molar refractivity (Wildman–Crippen MR) is 211 cm³/mol. The molecule has 0 amide bonds. The van der Waals surface area contributed by atoms with Crippen LogP contribution in [0.1, 0.15) is 13.8 Å². The van der Waals surface area contributed by atoms with Gasteiger partial charge in [-0.05, 0) is 79.5 Å². The van der Waals surface area contributed by atoms with Crippen molar-refractivity contribution in [3.63, 3.8) is 0 Å². The van der Waals surface area contributed by atoms with Gasteiger partial charge in [-0.1, -0.05) is 189 Å². The number of rotatable bonds is 12. The van der Waals surface area contributed by atoms with Gasteiger partial charge in [-0.25, -0.2) is 0 Å². The van der Waals surface area contributed by atoms with Crippen LogP contribution < -0.4 is 31.8 Å². The zero-order valence-electron chi connectivity index (χ0n) is 27.3. The first-order chi connectivity index (χ1) is 22.7. The summed E-state index contributed by atoms with van der Waals surface area (Å²) in [5.74, 6) is 0. The maximum Gasteiger partial charge on any atom is 0 e. The molecule has 0 fully saturated rings. The van der Waals surface area contributed by atoms with Gasteiger partial charge in [0.25, 0.3) is 0 Å². The molecular weight excluding hydrogens is 802 g/mol. The average molecular weight is 846 g/mol. The molecule has 0 atom stereocenters. The number of benzene rings is 6. The average Bonchev–Trinajstić information content (AvgIpc) is 3.15. The Bertz CT molecular complexity index is 1360. The van der Waals surface area contributed by atoms with Crippen molar-refractivity contribution in [1.29, 1.82) is 0 Å². The van der Waals surface area contributed by atoms with Crippen LogP contribution in [0.15, 0.2) is 182 Å². The Labute approximate surface area is 300 Å². The molecule has 241 valence electrons. The number of hydrogen-bond acceptors (Lipinski definition) is 0. The van der Waals surface area contributed by atoms with Crippen molar-refractivity contribution >= 4 is 55.6 Å². The second kappa shape index (κ2) is 19.3. The van der Waals surface area contributed by atoms with Gasteiger partial charge in [0.15, 0.2) is 0 Å². The fourth-order valence-electron chi connectivity index (χ4n) is 5.94. The van der Waals surface area contributed by atoms with Crippen LogP contribution in [0.4, 0.5) is 0 Å². The maximum atomic E-state index is 3.25. The minimum atomic E-state index is -0.555. The van der Waals surface area contributed by atoms with Crippen molar-refractivity contribution in [2.45, 2.75) is 13.8 Å². The van der Waals surface area contributed by atoms with Crippen molar-refractivity contribution in [2.24, 2.45) is 5.41 Å². The van der Waals surface area contributed by atoms with Crippen molar-refractivity contribution in [3.05, 3.63) is 189 Å². The molecule has 6 aromatic rings. The summed E-state index contributed by atoms with van der Waals surface area (Å²) < 4.78 is 0. The van der Waals surface area contributed by atoms with E-state index in [9.17, 15) is 0 Å². The Morgan fingerprint density at radius 2 is 0.489 bits per heavy atom. The first kappa shape index (κ1) is 37.1. The molecule has 0 unspecified atom stereocenters. The molecule has 0 heterocycles. The van der Waals surface area contributed by atoms with Crippen LogP contribution in [-0.4, -0.2) is 18.5 Å². The largest absolute Gasteiger partial charge is 0.346 e. The third-order valence-corrected chi connectivity index (χ3v) is 16.8. The van der Waals surface area contributed by atoms with Crippen LogP contribution in [0, 0.1) is 12.3 Å². The Kier molecular flexibility index (Phi) is 15.2.